The summed E-state index contributed by atoms with van der Waals surface area (Å²) < 4.78 is 0. The number of fused-ring (bicyclic) bond motifs is 1. The minimum absolute atomic E-state index is 0.181. The molecule has 5 rings (SSSR count). The Kier molecular flexibility index (Phi) is 5.50. The van der Waals surface area contributed by atoms with Gasteiger partial charge in [-0.15, -0.1) is 0 Å². The molecule has 0 saturated carbocycles. The van der Waals surface area contributed by atoms with Crippen LogP contribution in [0.4, 0.5) is 0 Å². The third-order valence-electron chi connectivity index (χ3n) is 6.01. The maximum Gasteiger partial charge on any atom is 0.234 e. The largest absolute Gasteiger partial charge is 0.341 e. The minimum atomic E-state index is -0.260. The highest BCUT2D eigenvalue weighted by Crippen LogP contribution is 2.27. The fourth-order valence-electron chi connectivity index (χ4n) is 4.37. The van der Waals surface area contributed by atoms with Gasteiger partial charge in [-0.1, -0.05) is 72.8 Å². The molecule has 1 aliphatic rings. The van der Waals surface area contributed by atoms with Crippen LogP contribution in [0.1, 0.15) is 22.9 Å². The molecule has 1 aromatic heterocycles. The number of para-hydroxylation sites is 2. The van der Waals surface area contributed by atoms with Crippen LogP contribution < -0.4 is 0 Å². The van der Waals surface area contributed by atoms with Crippen LogP contribution in [-0.4, -0.2) is 51.9 Å². The number of H-pyrrole nitrogens is 1. The van der Waals surface area contributed by atoms with Crippen LogP contribution in [0.25, 0.3) is 11.0 Å². The van der Waals surface area contributed by atoms with E-state index in [4.69, 9.17) is 4.98 Å². The van der Waals surface area contributed by atoms with E-state index in [1.807, 2.05) is 83.8 Å². The summed E-state index contributed by atoms with van der Waals surface area (Å²) in [4.78, 5) is 26.0. The third kappa shape index (κ3) is 4.23. The molecular weight excluding hydrogens is 384 g/mol. The lowest BCUT2D eigenvalue weighted by molar-refractivity contribution is -0.133. The second-order valence-electron chi connectivity index (χ2n) is 8.06. The monoisotopic (exact) mass is 410 g/mol. The van der Waals surface area contributed by atoms with E-state index in [1.165, 1.54) is 0 Å². The van der Waals surface area contributed by atoms with Crippen LogP contribution in [0.3, 0.4) is 0 Å². The zero-order valence-corrected chi connectivity index (χ0v) is 17.4. The van der Waals surface area contributed by atoms with Crippen molar-refractivity contribution >= 4 is 16.9 Å². The zero-order chi connectivity index (χ0) is 21.0. The Balaban J connectivity index is 1.28. The number of rotatable bonds is 5. The highest BCUT2D eigenvalue weighted by Gasteiger charge is 2.29. The number of nitrogens with one attached hydrogen (secondary N) is 1. The summed E-state index contributed by atoms with van der Waals surface area (Å²) >= 11 is 0. The van der Waals surface area contributed by atoms with E-state index in [-0.39, 0.29) is 11.8 Å². The molecule has 1 fully saturated rings. The van der Waals surface area contributed by atoms with Crippen LogP contribution >= 0.6 is 0 Å². The Morgan fingerprint density at radius 1 is 0.806 bits per heavy atom. The van der Waals surface area contributed by atoms with Gasteiger partial charge in [0.05, 0.1) is 23.5 Å². The molecule has 0 unspecified atom stereocenters. The number of hydrogen-bond donors (Lipinski definition) is 1. The van der Waals surface area contributed by atoms with E-state index in [9.17, 15) is 4.79 Å². The maximum absolute atomic E-state index is 13.6. The summed E-state index contributed by atoms with van der Waals surface area (Å²) in [5.74, 6) is 0.900. The number of benzene rings is 3. The Bertz CT molecular complexity index is 1080. The fourth-order valence-corrected chi connectivity index (χ4v) is 4.37. The molecule has 1 saturated heterocycles. The van der Waals surface area contributed by atoms with Gasteiger partial charge >= 0.3 is 0 Å². The molecule has 31 heavy (non-hydrogen) atoms. The Labute approximate surface area is 182 Å². The number of carbonyl (C=O) groups excluding carboxylic acids is 1. The maximum atomic E-state index is 13.6. The quantitative estimate of drug-likeness (QED) is 0.540. The smallest absolute Gasteiger partial charge is 0.234 e. The van der Waals surface area contributed by atoms with E-state index < -0.39 is 0 Å². The van der Waals surface area contributed by atoms with E-state index in [1.54, 1.807) is 0 Å². The predicted molar refractivity (Wildman–Crippen MR) is 123 cm³/mol. The van der Waals surface area contributed by atoms with Crippen LogP contribution in [0, 0.1) is 0 Å². The average molecular weight is 411 g/mol. The molecule has 1 N–H and O–H groups in total. The minimum Gasteiger partial charge on any atom is -0.341 e. The second-order valence-corrected chi connectivity index (χ2v) is 8.06. The zero-order valence-electron chi connectivity index (χ0n) is 17.4. The van der Waals surface area contributed by atoms with Crippen molar-refractivity contribution in [3.63, 3.8) is 0 Å². The van der Waals surface area contributed by atoms with Crippen LogP contribution in [0.15, 0.2) is 84.9 Å². The number of piperazine rings is 1. The number of hydrogen-bond acceptors (Lipinski definition) is 3. The van der Waals surface area contributed by atoms with Crippen LogP contribution in [0.5, 0.6) is 0 Å². The normalized spacial score (nSPS) is 14.9. The van der Waals surface area contributed by atoms with E-state index in [0.29, 0.717) is 0 Å². The van der Waals surface area contributed by atoms with Crippen molar-refractivity contribution in [2.24, 2.45) is 0 Å². The van der Waals surface area contributed by atoms with Crippen molar-refractivity contribution in [1.29, 1.82) is 0 Å². The Hall–Kier alpha value is -3.44. The topological polar surface area (TPSA) is 52.2 Å². The van der Waals surface area contributed by atoms with Crippen molar-refractivity contribution in [2.45, 2.75) is 12.5 Å². The van der Waals surface area contributed by atoms with Gasteiger partial charge in [0.2, 0.25) is 5.91 Å². The van der Waals surface area contributed by atoms with Gasteiger partial charge in [0.25, 0.3) is 0 Å². The van der Waals surface area contributed by atoms with E-state index >= 15 is 0 Å². The Morgan fingerprint density at radius 2 is 1.39 bits per heavy atom. The van der Waals surface area contributed by atoms with Gasteiger partial charge in [-0.25, -0.2) is 4.98 Å². The predicted octanol–water partition coefficient (Wildman–Crippen LogP) is 4.04. The number of aromatic nitrogens is 2. The van der Waals surface area contributed by atoms with Gasteiger partial charge in [-0.2, -0.15) is 0 Å². The number of aromatic amines is 1. The number of nitrogens with zero attached hydrogens (tertiary/aromatic N) is 3. The van der Waals surface area contributed by atoms with Gasteiger partial charge in [0, 0.05) is 26.2 Å². The van der Waals surface area contributed by atoms with Crippen LogP contribution in [0.2, 0.25) is 0 Å². The first-order valence-electron chi connectivity index (χ1n) is 10.8. The fraction of sp³-hybridized carbons (Fsp3) is 0.231. The molecular formula is C26H26N4O. The lowest BCUT2D eigenvalue weighted by Crippen LogP contribution is -2.49. The first-order chi connectivity index (χ1) is 15.3. The molecule has 2 heterocycles. The average Bonchev–Trinajstić information content (AvgIpc) is 3.23. The molecule has 0 radical (unpaired) electrons. The summed E-state index contributed by atoms with van der Waals surface area (Å²) in [6, 6.07) is 28.3. The van der Waals surface area contributed by atoms with Crippen LogP contribution in [-0.2, 0) is 11.3 Å². The van der Waals surface area contributed by atoms with Gasteiger partial charge in [-0.3, -0.25) is 9.69 Å². The van der Waals surface area contributed by atoms with Crippen molar-refractivity contribution in [2.75, 3.05) is 26.2 Å². The first kappa shape index (κ1) is 19.5. The number of amides is 1. The summed E-state index contributed by atoms with van der Waals surface area (Å²) in [6.45, 7) is 3.93. The molecule has 0 bridgehead atoms. The van der Waals surface area contributed by atoms with E-state index in [2.05, 4.69) is 16.0 Å². The van der Waals surface area contributed by atoms with Crippen molar-refractivity contribution < 1.29 is 4.79 Å². The standard InChI is InChI=1S/C26H26N4O/c31-26(25(20-9-3-1-4-10-20)21-11-5-2-6-12-21)30-17-15-29(16-18-30)19-24-27-22-13-7-8-14-23(22)28-24/h1-14,25H,15-19H2,(H,27,28). The third-order valence-corrected chi connectivity index (χ3v) is 6.01. The van der Waals surface area contributed by atoms with Crippen molar-refractivity contribution in [1.82, 2.24) is 19.8 Å². The summed E-state index contributed by atoms with van der Waals surface area (Å²) in [6.07, 6.45) is 0. The highest BCUT2D eigenvalue weighted by molar-refractivity contribution is 5.87. The number of carbonyl (C=O) groups is 1. The summed E-state index contributed by atoms with van der Waals surface area (Å²) in [5, 5.41) is 0. The molecule has 0 aliphatic carbocycles. The lowest BCUT2D eigenvalue weighted by atomic mass is 9.90. The van der Waals surface area contributed by atoms with Gasteiger partial charge in [-0.05, 0) is 23.3 Å². The van der Waals surface area contributed by atoms with Gasteiger partial charge in [0.15, 0.2) is 0 Å². The Morgan fingerprint density at radius 3 is 2.00 bits per heavy atom. The highest BCUT2D eigenvalue weighted by atomic mass is 16.2. The van der Waals surface area contributed by atoms with E-state index in [0.717, 1.165) is 60.7 Å². The molecule has 3 aromatic carbocycles. The molecule has 1 amide bonds. The molecule has 4 aromatic rings. The summed E-state index contributed by atoms with van der Waals surface area (Å²) in [7, 11) is 0. The molecule has 1 aliphatic heterocycles. The SMILES string of the molecule is O=C(C(c1ccccc1)c1ccccc1)N1CCN(Cc2nc3ccccc3[nH]2)CC1. The molecule has 156 valence electrons. The van der Waals surface area contributed by atoms with Gasteiger partial charge in [0.1, 0.15) is 5.82 Å². The first-order valence-corrected chi connectivity index (χ1v) is 10.8. The van der Waals surface area contributed by atoms with Gasteiger partial charge < -0.3 is 9.88 Å². The summed E-state index contributed by atoms with van der Waals surface area (Å²) in [5.41, 5.74) is 4.16. The molecule has 0 atom stereocenters. The lowest BCUT2D eigenvalue weighted by Gasteiger charge is -2.36. The van der Waals surface area contributed by atoms with Crippen molar-refractivity contribution in [3.05, 3.63) is 102 Å². The molecule has 5 nitrogen and oxygen atoms in total. The van der Waals surface area contributed by atoms with Crippen molar-refractivity contribution in [3.8, 4) is 0 Å². The molecule has 0 spiro atoms. The number of imidazole rings is 1. The molecule has 5 heteroatoms. The second kappa shape index (κ2) is 8.74.